The molecule has 1 rings (SSSR count). The highest BCUT2D eigenvalue weighted by molar-refractivity contribution is 5.98. The molecule has 5 heteroatoms. The van der Waals surface area contributed by atoms with Gasteiger partial charge in [-0.2, -0.15) is 0 Å². The number of ether oxygens (including phenoxy) is 1. The molecule has 0 aliphatic carbocycles. The number of hydrogen-bond donors (Lipinski definition) is 0. The molecule has 15 heavy (non-hydrogen) atoms. The third-order valence-corrected chi connectivity index (χ3v) is 1.77. The molecule has 0 amide bonds. The molecular formula is C10H9NO4. The largest absolute Gasteiger partial charge is 0.464 e. The van der Waals surface area contributed by atoms with Gasteiger partial charge >= 0.3 is 5.97 Å². The summed E-state index contributed by atoms with van der Waals surface area (Å²) in [6.07, 6.45) is 0.471. The van der Waals surface area contributed by atoms with Crippen LogP contribution in [0.4, 0.5) is 0 Å². The smallest absolute Gasteiger partial charge is 0.356 e. The molecule has 0 saturated heterocycles. The maximum atomic E-state index is 11.1. The van der Waals surface area contributed by atoms with E-state index in [0.29, 0.717) is 6.29 Å². The third kappa shape index (κ3) is 2.46. The summed E-state index contributed by atoms with van der Waals surface area (Å²) < 4.78 is 4.44. The van der Waals surface area contributed by atoms with Gasteiger partial charge in [0.05, 0.1) is 7.11 Å². The van der Waals surface area contributed by atoms with Crippen LogP contribution >= 0.6 is 0 Å². The maximum absolute atomic E-state index is 11.1. The molecule has 0 fully saturated rings. The molecule has 0 saturated carbocycles. The van der Waals surface area contributed by atoms with Crippen LogP contribution in [0.3, 0.4) is 0 Å². The van der Waals surface area contributed by atoms with Crippen molar-refractivity contribution >= 4 is 18.0 Å². The lowest BCUT2D eigenvalue weighted by molar-refractivity contribution is 0.0594. The summed E-state index contributed by atoms with van der Waals surface area (Å²) in [6, 6.07) is 2.61. The third-order valence-electron chi connectivity index (χ3n) is 1.77. The van der Waals surface area contributed by atoms with E-state index in [0.717, 1.165) is 0 Å². The summed E-state index contributed by atoms with van der Waals surface area (Å²) in [5, 5.41) is 0. The van der Waals surface area contributed by atoms with Crippen molar-refractivity contribution in [3.8, 4) is 0 Å². The fourth-order valence-corrected chi connectivity index (χ4v) is 1.02. The van der Waals surface area contributed by atoms with E-state index in [1.165, 1.54) is 26.2 Å². The minimum atomic E-state index is -0.679. The van der Waals surface area contributed by atoms with Gasteiger partial charge in [0.25, 0.3) is 0 Å². The molecule has 0 aliphatic heterocycles. The zero-order valence-electron chi connectivity index (χ0n) is 8.31. The van der Waals surface area contributed by atoms with Crippen LogP contribution in [0.15, 0.2) is 12.1 Å². The molecule has 0 radical (unpaired) electrons. The molecule has 0 aliphatic rings. The summed E-state index contributed by atoms with van der Waals surface area (Å²) in [5.41, 5.74) is 0.239. The number of carbonyl (C=O) groups excluding carboxylic acids is 3. The second kappa shape index (κ2) is 4.45. The first-order valence-electron chi connectivity index (χ1n) is 4.15. The number of Topliss-reactive ketones (excluding diaryl/α,β-unsaturated/α-hetero) is 1. The Morgan fingerprint density at radius 1 is 1.40 bits per heavy atom. The van der Waals surface area contributed by atoms with Gasteiger partial charge in [0.15, 0.2) is 12.1 Å². The van der Waals surface area contributed by atoms with Gasteiger partial charge in [0.2, 0.25) is 0 Å². The molecule has 0 N–H and O–H groups in total. The van der Waals surface area contributed by atoms with E-state index in [4.69, 9.17) is 0 Å². The van der Waals surface area contributed by atoms with Crippen LogP contribution in [0, 0.1) is 0 Å². The Hall–Kier alpha value is -2.04. The van der Waals surface area contributed by atoms with E-state index in [1.807, 2.05) is 0 Å². The molecule has 5 nitrogen and oxygen atoms in total. The predicted molar refractivity (Wildman–Crippen MR) is 51.0 cm³/mol. The number of aldehydes is 1. The Balaban J connectivity index is 3.28. The monoisotopic (exact) mass is 207 g/mol. The van der Waals surface area contributed by atoms with Gasteiger partial charge < -0.3 is 4.74 Å². The van der Waals surface area contributed by atoms with E-state index >= 15 is 0 Å². The molecule has 0 bridgehead atoms. The maximum Gasteiger partial charge on any atom is 0.356 e. The minimum absolute atomic E-state index is 0.0306. The highest BCUT2D eigenvalue weighted by atomic mass is 16.5. The van der Waals surface area contributed by atoms with E-state index in [-0.39, 0.29) is 22.7 Å². The first-order chi connectivity index (χ1) is 7.08. The van der Waals surface area contributed by atoms with Gasteiger partial charge in [-0.15, -0.1) is 0 Å². The van der Waals surface area contributed by atoms with E-state index in [2.05, 4.69) is 9.72 Å². The summed E-state index contributed by atoms with van der Waals surface area (Å²) in [5.74, 6) is -0.924. The summed E-state index contributed by atoms with van der Waals surface area (Å²) >= 11 is 0. The summed E-state index contributed by atoms with van der Waals surface area (Å²) in [7, 11) is 1.20. The van der Waals surface area contributed by atoms with Crippen LogP contribution in [0.1, 0.15) is 38.3 Å². The van der Waals surface area contributed by atoms with E-state index < -0.39 is 5.97 Å². The molecular weight excluding hydrogens is 198 g/mol. The van der Waals surface area contributed by atoms with Crippen molar-refractivity contribution in [2.24, 2.45) is 0 Å². The average molecular weight is 207 g/mol. The second-order valence-corrected chi connectivity index (χ2v) is 2.83. The fourth-order valence-electron chi connectivity index (χ4n) is 1.02. The number of aromatic nitrogens is 1. The van der Waals surface area contributed by atoms with E-state index in [9.17, 15) is 14.4 Å². The predicted octanol–water partition coefficient (Wildman–Crippen LogP) is 0.883. The first-order valence-corrected chi connectivity index (χ1v) is 4.15. The van der Waals surface area contributed by atoms with E-state index in [1.54, 1.807) is 0 Å². The lowest BCUT2D eigenvalue weighted by atomic mass is 10.1. The molecule has 1 aromatic heterocycles. The number of pyridine rings is 1. The Bertz CT molecular complexity index is 425. The van der Waals surface area contributed by atoms with Crippen LogP contribution < -0.4 is 0 Å². The van der Waals surface area contributed by atoms with Crippen molar-refractivity contribution in [2.45, 2.75) is 6.92 Å². The fraction of sp³-hybridized carbons (Fsp3) is 0.200. The van der Waals surface area contributed by atoms with Gasteiger partial charge in [0.1, 0.15) is 11.4 Å². The molecule has 0 atom stereocenters. The summed E-state index contributed by atoms with van der Waals surface area (Å²) in [6.45, 7) is 1.34. The van der Waals surface area contributed by atoms with Crippen LogP contribution in [-0.4, -0.2) is 30.1 Å². The van der Waals surface area contributed by atoms with Gasteiger partial charge in [-0.05, 0) is 19.1 Å². The number of ketones is 1. The number of nitrogens with zero attached hydrogens (tertiary/aromatic N) is 1. The Kier molecular flexibility index (Phi) is 3.28. The van der Waals surface area contributed by atoms with Crippen molar-refractivity contribution < 1.29 is 19.1 Å². The average Bonchev–Trinajstić information content (AvgIpc) is 2.27. The molecule has 0 aromatic carbocycles. The number of carbonyl (C=O) groups is 3. The zero-order valence-corrected chi connectivity index (χ0v) is 8.31. The van der Waals surface area contributed by atoms with Crippen molar-refractivity contribution in [3.63, 3.8) is 0 Å². The van der Waals surface area contributed by atoms with Crippen molar-refractivity contribution in [3.05, 3.63) is 29.1 Å². The van der Waals surface area contributed by atoms with Crippen molar-refractivity contribution in [1.29, 1.82) is 0 Å². The standard InChI is InChI=1S/C10H9NO4/c1-6(13)7-3-8(5-12)11-9(4-7)10(14)15-2/h3-5H,1-2H3. The van der Waals surface area contributed by atoms with Gasteiger partial charge in [-0.25, -0.2) is 9.78 Å². The molecule has 1 heterocycles. The van der Waals surface area contributed by atoms with Crippen LogP contribution in [0.5, 0.6) is 0 Å². The lowest BCUT2D eigenvalue weighted by Crippen LogP contribution is -2.08. The zero-order chi connectivity index (χ0) is 11.4. The molecule has 78 valence electrons. The van der Waals surface area contributed by atoms with Crippen LogP contribution in [0.25, 0.3) is 0 Å². The highest BCUT2D eigenvalue weighted by Gasteiger charge is 2.12. The molecule has 0 unspecified atom stereocenters. The topological polar surface area (TPSA) is 73.3 Å². The van der Waals surface area contributed by atoms with Gasteiger partial charge in [-0.3, -0.25) is 9.59 Å². The number of esters is 1. The number of methoxy groups -OCH3 is 1. The second-order valence-electron chi connectivity index (χ2n) is 2.83. The van der Waals surface area contributed by atoms with Crippen LogP contribution in [-0.2, 0) is 4.74 Å². The quantitative estimate of drug-likeness (QED) is 0.418. The van der Waals surface area contributed by atoms with Gasteiger partial charge in [-0.1, -0.05) is 0 Å². The van der Waals surface area contributed by atoms with Gasteiger partial charge in [0, 0.05) is 5.56 Å². The number of rotatable bonds is 3. The van der Waals surface area contributed by atoms with Crippen LogP contribution in [0.2, 0.25) is 0 Å². The summed E-state index contributed by atoms with van der Waals surface area (Å²) in [4.78, 5) is 36.5. The van der Waals surface area contributed by atoms with Crippen molar-refractivity contribution in [1.82, 2.24) is 4.98 Å². The first kappa shape index (κ1) is 11.0. The SMILES string of the molecule is COC(=O)c1cc(C(C)=O)cc(C=O)n1. The lowest BCUT2D eigenvalue weighted by Gasteiger charge is -2.01. The molecule has 0 spiro atoms. The Morgan fingerprint density at radius 3 is 2.53 bits per heavy atom. The normalized spacial score (nSPS) is 9.47. The molecule has 1 aromatic rings. The van der Waals surface area contributed by atoms with Crippen molar-refractivity contribution in [2.75, 3.05) is 7.11 Å². The number of hydrogen-bond acceptors (Lipinski definition) is 5. The Labute approximate surface area is 86.1 Å². The Morgan fingerprint density at radius 2 is 2.07 bits per heavy atom. The minimum Gasteiger partial charge on any atom is -0.464 e. The highest BCUT2D eigenvalue weighted by Crippen LogP contribution is 2.07.